The van der Waals surface area contributed by atoms with Crippen molar-refractivity contribution in [1.29, 1.82) is 0 Å². The SMILES string of the molecule is CC1C(=O)NCCN1S(=O)(=O)CCSc1cccc(N)c1. The number of anilines is 1. The molecule has 0 aromatic heterocycles. The molecule has 1 aliphatic heterocycles. The van der Waals surface area contributed by atoms with Gasteiger partial charge in [-0.05, 0) is 25.1 Å². The van der Waals surface area contributed by atoms with Gasteiger partial charge in [0, 0.05) is 29.4 Å². The first-order chi connectivity index (χ1) is 9.90. The summed E-state index contributed by atoms with van der Waals surface area (Å²) in [5.41, 5.74) is 6.34. The van der Waals surface area contributed by atoms with E-state index in [0.29, 0.717) is 24.5 Å². The van der Waals surface area contributed by atoms with E-state index in [1.54, 1.807) is 13.0 Å². The fourth-order valence-electron chi connectivity index (χ4n) is 2.13. The summed E-state index contributed by atoms with van der Waals surface area (Å²) in [6.45, 7) is 2.31. The molecule has 21 heavy (non-hydrogen) atoms. The van der Waals surface area contributed by atoms with Crippen LogP contribution in [0.15, 0.2) is 29.2 Å². The van der Waals surface area contributed by atoms with Crippen molar-refractivity contribution in [2.75, 3.05) is 30.3 Å². The number of hydrogen-bond acceptors (Lipinski definition) is 5. The zero-order valence-electron chi connectivity index (χ0n) is 11.8. The Labute approximate surface area is 129 Å². The normalized spacial score (nSPS) is 20.2. The third-order valence-corrected chi connectivity index (χ3v) is 6.46. The van der Waals surface area contributed by atoms with E-state index in [1.165, 1.54) is 16.1 Å². The van der Waals surface area contributed by atoms with Gasteiger partial charge in [0.05, 0.1) is 5.75 Å². The number of nitrogen functional groups attached to an aromatic ring is 1. The molecule has 1 aliphatic rings. The molecule has 1 heterocycles. The second-order valence-electron chi connectivity index (χ2n) is 4.81. The molecular weight excluding hydrogens is 310 g/mol. The Balaban J connectivity index is 1.93. The molecule has 6 nitrogen and oxygen atoms in total. The van der Waals surface area contributed by atoms with Crippen LogP contribution >= 0.6 is 11.8 Å². The Morgan fingerprint density at radius 3 is 2.95 bits per heavy atom. The molecule has 1 fully saturated rings. The molecule has 0 spiro atoms. The number of nitrogens with two attached hydrogens (primary N) is 1. The molecule has 1 amide bonds. The number of nitrogens with zero attached hydrogens (tertiary/aromatic N) is 1. The summed E-state index contributed by atoms with van der Waals surface area (Å²) in [6.07, 6.45) is 0. The number of sulfonamides is 1. The van der Waals surface area contributed by atoms with Crippen LogP contribution in [0, 0.1) is 0 Å². The van der Waals surface area contributed by atoms with Gasteiger partial charge in [-0.3, -0.25) is 4.79 Å². The second kappa shape index (κ2) is 6.67. The Kier molecular flexibility index (Phi) is 5.13. The van der Waals surface area contributed by atoms with Crippen LogP contribution in [0.25, 0.3) is 0 Å². The highest BCUT2D eigenvalue weighted by Gasteiger charge is 2.33. The van der Waals surface area contributed by atoms with Crippen LogP contribution in [-0.4, -0.2) is 49.3 Å². The summed E-state index contributed by atoms with van der Waals surface area (Å²) >= 11 is 1.44. The Hall–Kier alpha value is -1.25. The number of nitrogens with one attached hydrogen (secondary N) is 1. The molecular formula is C13H19N3O3S2. The number of carbonyl (C=O) groups is 1. The first-order valence-corrected chi connectivity index (χ1v) is 9.25. The van der Waals surface area contributed by atoms with E-state index in [9.17, 15) is 13.2 Å². The van der Waals surface area contributed by atoms with Gasteiger partial charge in [-0.1, -0.05) is 6.07 Å². The minimum atomic E-state index is -3.43. The average molecular weight is 329 g/mol. The van der Waals surface area contributed by atoms with Crippen molar-refractivity contribution in [2.24, 2.45) is 0 Å². The van der Waals surface area contributed by atoms with Gasteiger partial charge in [0.15, 0.2) is 0 Å². The molecule has 1 aromatic rings. The molecule has 0 bridgehead atoms. The highest BCUT2D eigenvalue weighted by molar-refractivity contribution is 8.00. The van der Waals surface area contributed by atoms with Gasteiger partial charge in [0.25, 0.3) is 0 Å². The number of thioether (sulfide) groups is 1. The quantitative estimate of drug-likeness (QED) is 0.606. The lowest BCUT2D eigenvalue weighted by Gasteiger charge is -2.31. The van der Waals surface area contributed by atoms with Crippen molar-refractivity contribution < 1.29 is 13.2 Å². The van der Waals surface area contributed by atoms with Crippen molar-refractivity contribution in [3.05, 3.63) is 24.3 Å². The summed E-state index contributed by atoms with van der Waals surface area (Å²) in [4.78, 5) is 12.5. The van der Waals surface area contributed by atoms with Gasteiger partial charge in [0.1, 0.15) is 6.04 Å². The summed E-state index contributed by atoms with van der Waals surface area (Å²) in [7, 11) is -3.43. The van der Waals surface area contributed by atoms with E-state index in [0.717, 1.165) is 4.90 Å². The molecule has 0 saturated carbocycles. The van der Waals surface area contributed by atoms with E-state index in [4.69, 9.17) is 5.73 Å². The molecule has 1 aromatic carbocycles. The predicted molar refractivity (Wildman–Crippen MR) is 84.5 cm³/mol. The van der Waals surface area contributed by atoms with E-state index in [1.807, 2.05) is 18.2 Å². The lowest BCUT2D eigenvalue weighted by Crippen LogP contribution is -2.56. The van der Waals surface area contributed by atoms with Crippen LogP contribution in [0.5, 0.6) is 0 Å². The van der Waals surface area contributed by atoms with Gasteiger partial charge in [0.2, 0.25) is 15.9 Å². The van der Waals surface area contributed by atoms with Crippen LogP contribution in [0.4, 0.5) is 5.69 Å². The zero-order chi connectivity index (χ0) is 15.5. The lowest BCUT2D eigenvalue weighted by molar-refractivity contribution is -0.126. The highest BCUT2D eigenvalue weighted by Crippen LogP contribution is 2.21. The van der Waals surface area contributed by atoms with Crippen LogP contribution in [0.3, 0.4) is 0 Å². The molecule has 0 radical (unpaired) electrons. The van der Waals surface area contributed by atoms with Gasteiger partial charge in [-0.2, -0.15) is 4.31 Å². The van der Waals surface area contributed by atoms with Gasteiger partial charge in [-0.15, -0.1) is 11.8 Å². The van der Waals surface area contributed by atoms with E-state index in [2.05, 4.69) is 5.32 Å². The number of rotatable bonds is 5. The third-order valence-electron chi connectivity index (χ3n) is 3.27. The molecule has 0 aliphatic carbocycles. The molecule has 8 heteroatoms. The molecule has 2 rings (SSSR count). The Bertz CT molecular complexity index is 619. The largest absolute Gasteiger partial charge is 0.399 e. The fraction of sp³-hybridized carbons (Fsp3) is 0.462. The fourth-order valence-corrected chi connectivity index (χ4v) is 5.12. The summed E-state index contributed by atoms with van der Waals surface area (Å²) in [6, 6.07) is 6.69. The summed E-state index contributed by atoms with van der Waals surface area (Å²) in [5, 5.41) is 2.66. The maximum absolute atomic E-state index is 12.3. The number of hydrogen-bond donors (Lipinski definition) is 2. The van der Waals surface area contributed by atoms with Crippen LogP contribution < -0.4 is 11.1 Å². The Morgan fingerprint density at radius 2 is 2.24 bits per heavy atom. The number of benzene rings is 1. The van der Waals surface area contributed by atoms with E-state index in [-0.39, 0.29) is 11.7 Å². The highest BCUT2D eigenvalue weighted by atomic mass is 32.2. The van der Waals surface area contributed by atoms with Crippen molar-refractivity contribution in [1.82, 2.24) is 9.62 Å². The van der Waals surface area contributed by atoms with Crippen LogP contribution in [0.2, 0.25) is 0 Å². The smallest absolute Gasteiger partial charge is 0.238 e. The van der Waals surface area contributed by atoms with Gasteiger partial charge < -0.3 is 11.1 Å². The summed E-state index contributed by atoms with van der Waals surface area (Å²) in [5.74, 6) is 0.189. The van der Waals surface area contributed by atoms with Crippen molar-refractivity contribution in [3.8, 4) is 0 Å². The lowest BCUT2D eigenvalue weighted by atomic mass is 10.2. The molecule has 1 saturated heterocycles. The monoisotopic (exact) mass is 329 g/mol. The third kappa shape index (κ3) is 4.12. The topological polar surface area (TPSA) is 92.5 Å². The molecule has 116 valence electrons. The van der Waals surface area contributed by atoms with E-state index < -0.39 is 16.1 Å². The Morgan fingerprint density at radius 1 is 1.48 bits per heavy atom. The molecule has 3 N–H and O–H groups in total. The van der Waals surface area contributed by atoms with Gasteiger partial charge in [-0.25, -0.2) is 8.42 Å². The maximum Gasteiger partial charge on any atom is 0.238 e. The standard InChI is InChI=1S/C13H19N3O3S2/c1-10-13(17)15-5-6-16(10)21(18,19)8-7-20-12-4-2-3-11(14)9-12/h2-4,9-10H,5-8,14H2,1H3,(H,15,17). The first kappa shape index (κ1) is 16.1. The van der Waals surface area contributed by atoms with Crippen molar-refractivity contribution >= 4 is 33.4 Å². The van der Waals surface area contributed by atoms with Crippen molar-refractivity contribution in [2.45, 2.75) is 17.9 Å². The number of piperazine rings is 1. The summed E-state index contributed by atoms with van der Waals surface area (Å²) < 4.78 is 25.9. The minimum Gasteiger partial charge on any atom is -0.399 e. The van der Waals surface area contributed by atoms with Gasteiger partial charge >= 0.3 is 0 Å². The number of amides is 1. The number of carbonyl (C=O) groups excluding carboxylic acids is 1. The average Bonchev–Trinajstić information content (AvgIpc) is 2.41. The van der Waals surface area contributed by atoms with E-state index >= 15 is 0 Å². The van der Waals surface area contributed by atoms with Crippen LogP contribution in [-0.2, 0) is 14.8 Å². The first-order valence-electron chi connectivity index (χ1n) is 6.66. The second-order valence-corrected chi connectivity index (χ2v) is 8.02. The maximum atomic E-state index is 12.3. The molecule has 1 atom stereocenters. The molecule has 1 unspecified atom stereocenters. The van der Waals surface area contributed by atoms with Crippen LogP contribution in [0.1, 0.15) is 6.92 Å². The predicted octanol–water partition coefficient (Wildman–Crippen LogP) is 0.511. The van der Waals surface area contributed by atoms with Crippen molar-refractivity contribution in [3.63, 3.8) is 0 Å². The minimum absolute atomic E-state index is 0.00405. The zero-order valence-corrected chi connectivity index (χ0v) is 13.4.